The highest BCUT2D eigenvalue weighted by Crippen LogP contribution is 2.28. The highest BCUT2D eigenvalue weighted by molar-refractivity contribution is 9.11. The molecule has 1 aromatic carbocycles. The number of halogens is 5. The van der Waals surface area contributed by atoms with Crippen molar-refractivity contribution in [3.63, 3.8) is 0 Å². The highest BCUT2D eigenvalue weighted by atomic mass is 79.9. The van der Waals surface area contributed by atoms with Gasteiger partial charge in [0.1, 0.15) is 5.69 Å². The highest BCUT2D eigenvalue weighted by Gasteiger charge is 2.32. The van der Waals surface area contributed by atoms with Crippen molar-refractivity contribution >= 4 is 43.5 Å². The van der Waals surface area contributed by atoms with Crippen molar-refractivity contribution in [1.82, 2.24) is 4.98 Å². The van der Waals surface area contributed by atoms with Gasteiger partial charge in [0.05, 0.1) is 17.4 Å². The molecule has 1 amide bonds. The maximum absolute atomic E-state index is 12.4. The van der Waals surface area contributed by atoms with Gasteiger partial charge in [0.25, 0.3) is 5.91 Å². The molecule has 2 rings (SSSR count). The lowest BCUT2D eigenvalue weighted by Gasteiger charge is -2.09. The van der Waals surface area contributed by atoms with Crippen molar-refractivity contribution in [2.75, 3.05) is 5.32 Å². The van der Waals surface area contributed by atoms with Gasteiger partial charge in [0.15, 0.2) is 0 Å². The Hall–Kier alpha value is -1.41. The van der Waals surface area contributed by atoms with Crippen LogP contribution < -0.4 is 5.32 Å². The monoisotopic (exact) mass is 422 g/mol. The minimum absolute atomic E-state index is 0.180. The summed E-state index contributed by atoms with van der Waals surface area (Å²) in [6.07, 6.45) is -3.54. The van der Waals surface area contributed by atoms with E-state index in [2.05, 4.69) is 42.2 Å². The zero-order valence-corrected chi connectivity index (χ0v) is 13.4. The summed E-state index contributed by atoms with van der Waals surface area (Å²) in [5.41, 5.74) is -0.478. The minimum Gasteiger partial charge on any atom is -0.321 e. The van der Waals surface area contributed by atoms with Gasteiger partial charge in [-0.3, -0.25) is 4.79 Å². The molecule has 1 aromatic heterocycles. The zero-order chi connectivity index (χ0) is 15.6. The first-order valence-electron chi connectivity index (χ1n) is 5.57. The normalized spacial score (nSPS) is 11.3. The van der Waals surface area contributed by atoms with E-state index in [1.807, 2.05) is 0 Å². The number of aromatic nitrogens is 1. The second kappa shape index (κ2) is 6.15. The molecule has 0 aliphatic rings. The summed E-state index contributed by atoms with van der Waals surface area (Å²) < 4.78 is 38.4. The molecule has 0 aliphatic heterocycles. The number of rotatable bonds is 2. The van der Waals surface area contributed by atoms with E-state index in [9.17, 15) is 18.0 Å². The van der Waals surface area contributed by atoms with Crippen LogP contribution in [0, 0.1) is 0 Å². The van der Waals surface area contributed by atoms with E-state index in [1.165, 1.54) is 0 Å². The van der Waals surface area contributed by atoms with Crippen LogP contribution in [0.3, 0.4) is 0 Å². The Morgan fingerprint density at radius 2 is 1.86 bits per heavy atom. The van der Waals surface area contributed by atoms with Crippen LogP contribution in [0.15, 0.2) is 45.5 Å². The molecule has 0 saturated heterocycles. The summed E-state index contributed by atoms with van der Waals surface area (Å²) in [6, 6.07) is 6.99. The van der Waals surface area contributed by atoms with Crippen LogP contribution in [0.25, 0.3) is 0 Å². The van der Waals surface area contributed by atoms with Gasteiger partial charge in [0.2, 0.25) is 0 Å². The molecule has 110 valence electrons. The summed E-state index contributed by atoms with van der Waals surface area (Å²) in [5.74, 6) is -0.454. The van der Waals surface area contributed by atoms with Gasteiger partial charge < -0.3 is 5.32 Å². The number of nitrogens with one attached hydrogen (secondary N) is 1. The summed E-state index contributed by atoms with van der Waals surface area (Å²) in [6.45, 7) is 0. The van der Waals surface area contributed by atoms with Gasteiger partial charge in [-0.05, 0) is 46.3 Å². The van der Waals surface area contributed by atoms with E-state index in [0.29, 0.717) is 14.5 Å². The molecule has 3 nitrogen and oxygen atoms in total. The second-order valence-corrected chi connectivity index (χ2v) is 5.78. The van der Waals surface area contributed by atoms with Crippen molar-refractivity contribution in [2.24, 2.45) is 0 Å². The number of alkyl halides is 3. The molecular weight excluding hydrogens is 417 g/mol. The maximum Gasteiger partial charge on any atom is 0.433 e. The molecule has 1 heterocycles. The van der Waals surface area contributed by atoms with Gasteiger partial charge in [0, 0.05) is 8.95 Å². The molecule has 0 atom stereocenters. The third-order valence-corrected chi connectivity index (χ3v) is 3.67. The number of benzene rings is 1. The number of hydrogen-bond donors (Lipinski definition) is 1. The number of pyridine rings is 1. The number of anilines is 1. The molecule has 0 radical (unpaired) electrons. The molecule has 2 aromatic rings. The van der Waals surface area contributed by atoms with E-state index in [1.54, 1.807) is 18.2 Å². The first-order valence-corrected chi connectivity index (χ1v) is 7.15. The third kappa shape index (κ3) is 4.04. The Balaban J connectivity index is 2.18. The summed E-state index contributed by atoms with van der Waals surface area (Å²) in [5, 5.41) is 2.49. The predicted molar refractivity (Wildman–Crippen MR) is 79.0 cm³/mol. The van der Waals surface area contributed by atoms with Gasteiger partial charge in [-0.25, -0.2) is 4.98 Å². The van der Waals surface area contributed by atoms with Crippen LogP contribution in [0.2, 0.25) is 0 Å². The van der Waals surface area contributed by atoms with Crippen LogP contribution in [-0.4, -0.2) is 10.9 Å². The summed E-state index contributed by atoms with van der Waals surface area (Å²) in [4.78, 5) is 15.3. The Labute approximate surface area is 134 Å². The quantitative estimate of drug-likeness (QED) is 0.748. The average molecular weight is 424 g/mol. The number of amides is 1. The smallest absolute Gasteiger partial charge is 0.321 e. The van der Waals surface area contributed by atoms with Crippen molar-refractivity contribution in [3.05, 3.63) is 56.7 Å². The number of carbonyl (C=O) groups excluding carboxylic acids is 1. The number of carbonyl (C=O) groups is 1. The van der Waals surface area contributed by atoms with Crippen LogP contribution in [0.5, 0.6) is 0 Å². The van der Waals surface area contributed by atoms with Crippen LogP contribution >= 0.6 is 31.9 Å². The molecule has 21 heavy (non-hydrogen) atoms. The van der Waals surface area contributed by atoms with Gasteiger partial charge in [-0.2, -0.15) is 13.2 Å². The zero-order valence-electron chi connectivity index (χ0n) is 10.2. The summed E-state index contributed by atoms with van der Waals surface area (Å²) >= 11 is 6.48. The van der Waals surface area contributed by atoms with Crippen LogP contribution in [0.4, 0.5) is 18.9 Å². The molecule has 8 heteroatoms. The Morgan fingerprint density at radius 3 is 2.43 bits per heavy atom. The Morgan fingerprint density at radius 1 is 1.14 bits per heavy atom. The van der Waals surface area contributed by atoms with Crippen molar-refractivity contribution in [1.29, 1.82) is 0 Å². The van der Waals surface area contributed by atoms with E-state index in [0.717, 1.165) is 18.3 Å². The fourth-order valence-corrected chi connectivity index (χ4v) is 2.29. The fraction of sp³-hybridized carbons (Fsp3) is 0.0769. The number of hydrogen-bond acceptors (Lipinski definition) is 2. The third-order valence-electron chi connectivity index (χ3n) is 2.48. The maximum atomic E-state index is 12.4. The van der Waals surface area contributed by atoms with E-state index in [-0.39, 0.29) is 5.69 Å². The van der Waals surface area contributed by atoms with E-state index < -0.39 is 17.8 Å². The SMILES string of the molecule is O=C(Nc1ccc(C(F)(F)F)nc1)c1cc(Br)ccc1Br. The van der Waals surface area contributed by atoms with Crippen molar-refractivity contribution < 1.29 is 18.0 Å². The topological polar surface area (TPSA) is 42.0 Å². The van der Waals surface area contributed by atoms with Gasteiger partial charge in [-0.1, -0.05) is 15.9 Å². The second-order valence-electron chi connectivity index (χ2n) is 4.01. The van der Waals surface area contributed by atoms with E-state index in [4.69, 9.17) is 0 Å². The molecule has 1 N–H and O–H groups in total. The van der Waals surface area contributed by atoms with Crippen LogP contribution in [0.1, 0.15) is 16.1 Å². The standard InChI is InChI=1S/C13H7Br2F3N2O/c14-7-1-3-10(15)9(5-7)12(21)20-8-2-4-11(19-6-8)13(16,17)18/h1-6H,(H,20,21). The van der Waals surface area contributed by atoms with Crippen molar-refractivity contribution in [3.8, 4) is 0 Å². The lowest BCUT2D eigenvalue weighted by Crippen LogP contribution is -2.14. The molecule has 0 bridgehead atoms. The lowest BCUT2D eigenvalue weighted by atomic mass is 10.2. The fourth-order valence-electron chi connectivity index (χ4n) is 1.51. The van der Waals surface area contributed by atoms with E-state index >= 15 is 0 Å². The molecular formula is C13H7Br2F3N2O. The first kappa shape index (κ1) is 16.0. The molecule has 0 saturated carbocycles. The predicted octanol–water partition coefficient (Wildman–Crippen LogP) is 4.88. The number of nitrogens with zero attached hydrogens (tertiary/aromatic N) is 1. The first-order chi connectivity index (χ1) is 9.77. The van der Waals surface area contributed by atoms with Gasteiger partial charge >= 0.3 is 6.18 Å². The largest absolute Gasteiger partial charge is 0.433 e. The average Bonchev–Trinajstić information content (AvgIpc) is 2.41. The molecule has 0 aliphatic carbocycles. The van der Waals surface area contributed by atoms with Crippen LogP contribution in [-0.2, 0) is 6.18 Å². The summed E-state index contributed by atoms with van der Waals surface area (Å²) in [7, 11) is 0. The molecule has 0 fully saturated rings. The van der Waals surface area contributed by atoms with Crippen molar-refractivity contribution in [2.45, 2.75) is 6.18 Å². The molecule has 0 unspecified atom stereocenters. The Kier molecular flexibility index (Phi) is 4.67. The van der Waals surface area contributed by atoms with Gasteiger partial charge in [-0.15, -0.1) is 0 Å². The Bertz CT molecular complexity index is 672. The lowest BCUT2D eigenvalue weighted by molar-refractivity contribution is -0.141. The minimum atomic E-state index is -4.50. The molecule has 0 spiro atoms.